The molecular formula is C14H15N5O. The van der Waals surface area contributed by atoms with Crippen LogP contribution in [-0.4, -0.2) is 27.4 Å². The molecule has 0 radical (unpaired) electrons. The maximum Gasteiger partial charge on any atom is 0.224 e. The van der Waals surface area contributed by atoms with Crippen LogP contribution in [0.25, 0.3) is 0 Å². The molecule has 102 valence electrons. The Morgan fingerprint density at radius 2 is 2.15 bits per heavy atom. The highest BCUT2D eigenvalue weighted by Crippen LogP contribution is 2.03. The normalized spacial score (nSPS) is 9.95. The summed E-state index contributed by atoms with van der Waals surface area (Å²) in [6.45, 7) is 1.34. The van der Waals surface area contributed by atoms with Gasteiger partial charge in [0, 0.05) is 19.3 Å². The number of hydrogen-bond donors (Lipinski definition) is 1. The first-order valence-corrected chi connectivity index (χ1v) is 6.38. The molecule has 0 aliphatic rings. The minimum atomic E-state index is -0.0201. The second kappa shape index (κ2) is 7.04. The van der Waals surface area contributed by atoms with Gasteiger partial charge in [0.25, 0.3) is 0 Å². The van der Waals surface area contributed by atoms with Gasteiger partial charge in [-0.1, -0.05) is 17.3 Å². The lowest BCUT2D eigenvalue weighted by Crippen LogP contribution is -2.26. The van der Waals surface area contributed by atoms with Crippen molar-refractivity contribution in [1.29, 1.82) is 5.26 Å². The Hall–Kier alpha value is -2.68. The van der Waals surface area contributed by atoms with Crippen molar-refractivity contribution in [3.05, 3.63) is 47.8 Å². The Kier molecular flexibility index (Phi) is 4.84. The molecule has 2 aromatic rings. The summed E-state index contributed by atoms with van der Waals surface area (Å²) in [4.78, 5) is 11.7. The summed E-state index contributed by atoms with van der Waals surface area (Å²) in [5.74, 6) is -0.0201. The number of hydrogen-bond acceptors (Lipinski definition) is 4. The van der Waals surface area contributed by atoms with Crippen LogP contribution in [0.1, 0.15) is 17.5 Å². The average Bonchev–Trinajstić information content (AvgIpc) is 2.98. The number of carbonyl (C=O) groups excluding carboxylic acids is 1. The first kappa shape index (κ1) is 13.7. The van der Waals surface area contributed by atoms with E-state index in [1.807, 2.05) is 6.07 Å². The van der Waals surface area contributed by atoms with E-state index in [2.05, 4.69) is 15.6 Å². The van der Waals surface area contributed by atoms with Gasteiger partial charge in [-0.25, -0.2) is 0 Å². The summed E-state index contributed by atoms with van der Waals surface area (Å²) in [6.07, 6.45) is 4.56. The third kappa shape index (κ3) is 4.21. The smallest absolute Gasteiger partial charge is 0.224 e. The topological polar surface area (TPSA) is 83.6 Å². The van der Waals surface area contributed by atoms with E-state index >= 15 is 0 Å². The van der Waals surface area contributed by atoms with Crippen molar-refractivity contribution in [3.63, 3.8) is 0 Å². The first-order valence-electron chi connectivity index (χ1n) is 6.38. The van der Waals surface area contributed by atoms with Gasteiger partial charge in [-0.05, 0) is 24.1 Å². The van der Waals surface area contributed by atoms with Gasteiger partial charge in [0.2, 0.25) is 5.91 Å². The van der Waals surface area contributed by atoms with E-state index in [1.165, 1.54) is 0 Å². The summed E-state index contributed by atoms with van der Waals surface area (Å²) in [5, 5.41) is 19.1. The Labute approximate surface area is 117 Å². The van der Waals surface area contributed by atoms with Crippen molar-refractivity contribution < 1.29 is 4.79 Å². The number of aryl methyl sites for hydroxylation is 1. The Balaban J connectivity index is 1.68. The number of nitrogens with one attached hydrogen (secondary N) is 1. The number of benzene rings is 1. The number of nitrogens with zero attached hydrogens (tertiary/aromatic N) is 4. The molecule has 0 spiro atoms. The molecule has 0 saturated heterocycles. The molecule has 1 heterocycles. The fourth-order valence-electron chi connectivity index (χ4n) is 1.77. The molecule has 0 aliphatic heterocycles. The number of carbonyl (C=O) groups is 1. The number of aromatic nitrogens is 3. The van der Waals surface area contributed by atoms with Crippen LogP contribution in [0.15, 0.2) is 36.7 Å². The molecule has 0 atom stereocenters. The van der Waals surface area contributed by atoms with Crippen LogP contribution in [0.2, 0.25) is 0 Å². The molecule has 1 aromatic heterocycles. The van der Waals surface area contributed by atoms with Gasteiger partial charge in [0.15, 0.2) is 0 Å². The molecule has 6 heteroatoms. The van der Waals surface area contributed by atoms with Crippen molar-refractivity contribution in [2.45, 2.75) is 19.4 Å². The molecule has 0 unspecified atom stereocenters. The van der Waals surface area contributed by atoms with Gasteiger partial charge in [0.05, 0.1) is 24.3 Å². The molecule has 0 bridgehead atoms. The van der Waals surface area contributed by atoms with Gasteiger partial charge in [0.1, 0.15) is 0 Å². The summed E-state index contributed by atoms with van der Waals surface area (Å²) in [5.41, 5.74) is 1.50. The minimum absolute atomic E-state index is 0.0201. The molecule has 20 heavy (non-hydrogen) atoms. The highest BCUT2D eigenvalue weighted by atomic mass is 16.1. The van der Waals surface area contributed by atoms with Crippen LogP contribution >= 0.6 is 0 Å². The zero-order valence-electron chi connectivity index (χ0n) is 11.0. The Morgan fingerprint density at radius 1 is 1.35 bits per heavy atom. The van der Waals surface area contributed by atoms with E-state index in [1.54, 1.807) is 41.3 Å². The fraction of sp³-hybridized carbons (Fsp3) is 0.286. The van der Waals surface area contributed by atoms with Crippen molar-refractivity contribution in [3.8, 4) is 6.07 Å². The van der Waals surface area contributed by atoms with Gasteiger partial charge in [-0.15, -0.1) is 5.10 Å². The second-order valence-corrected chi connectivity index (χ2v) is 4.36. The quantitative estimate of drug-likeness (QED) is 0.790. The van der Waals surface area contributed by atoms with Gasteiger partial charge in [-0.2, -0.15) is 5.26 Å². The van der Waals surface area contributed by atoms with E-state index in [9.17, 15) is 4.79 Å². The molecule has 6 nitrogen and oxygen atoms in total. The van der Waals surface area contributed by atoms with Crippen LogP contribution in [0.3, 0.4) is 0 Å². The van der Waals surface area contributed by atoms with Crippen LogP contribution in [-0.2, 0) is 17.8 Å². The molecule has 1 amide bonds. The lowest BCUT2D eigenvalue weighted by Gasteiger charge is -2.05. The summed E-state index contributed by atoms with van der Waals surface area (Å²) >= 11 is 0. The summed E-state index contributed by atoms with van der Waals surface area (Å²) < 4.78 is 1.73. The predicted molar refractivity (Wildman–Crippen MR) is 72.5 cm³/mol. The third-order valence-electron chi connectivity index (χ3n) is 2.81. The molecule has 0 aliphatic carbocycles. The molecule has 1 aromatic carbocycles. The SMILES string of the molecule is N#Cc1ccc(CC(=O)NCCCn2ccnn2)cc1. The average molecular weight is 269 g/mol. The number of nitriles is 1. The van der Waals surface area contributed by atoms with Gasteiger partial charge < -0.3 is 5.32 Å². The maximum atomic E-state index is 11.7. The van der Waals surface area contributed by atoms with Gasteiger partial charge in [-0.3, -0.25) is 9.48 Å². The Bertz CT molecular complexity index is 583. The second-order valence-electron chi connectivity index (χ2n) is 4.36. The molecular weight excluding hydrogens is 254 g/mol. The highest BCUT2D eigenvalue weighted by Gasteiger charge is 2.03. The minimum Gasteiger partial charge on any atom is -0.356 e. The lowest BCUT2D eigenvalue weighted by molar-refractivity contribution is -0.120. The monoisotopic (exact) mass is 269 g/mol. The first-order chi connectivity index (χ1) is 9.78. The number of rotatable bonds is 6. The summed E-state index contributed by atoms with van der Waals surface area (Å²) in [6, 6.07) is 9.08. The standard InChI is InChI=1S/C14H15N5O/c15-11-13-4-2-12(3-5-13)10-14(20)16-6-1-8-19-9-7-17-18-19/h2-5,7,9H,1,6,8,10H2,(H,16,20). The van der Waals surface area contributed by atoms with E-state index in [0.717, 1.165) is 18.5 Å². The van der Waals surface area contributed by atoms with Crippen molar-refractivity contribution in [2.24, 2.45) is 0 Å². The molecule has 1 N–H and O–H groups in total. The van der Waals surface area contributed by atoms with E-state index in [4.69, 9.17) is 5.26 Å². The number of amides is 1. The van der Waals surface area contributed by atoms with E-state index in [-0.39, 0.29) is 5.91 Å². The third-order valence-corrected chi connectivity index (χ3v) is 2.81. The van der Waals surface area contributed by atoms with Crippen molar-refractivity contribution >= 4 is 5.91 Å². The Morgan fingerprint density at radius 3 is 2.80 bits per heavy atom. The molecule has 0 saturated carbocycles. The zero-order chi connectivity index (χ0) is 14.2. The fourth-order valence-corrected chi connectivity index (χ4v) is 1.77. The largest absolute Gasteiger partial charge is 0.356 e. The van der Waals surface area contributed by atoms with E-state index < -0.39 is 0 Å². The van der Waals surface area contributed by atoms with Crippen molar-refractivity contribution in [2.75, 3.05) is 6.54 Å². The van der Waals surface area contributed by atoms with Crippen molar-refractivity contribution in [1.82, 2.24) is 20.3 Å². The predicted octanol–water partition coefficient (Wildman–Crippen LogP) is 0.899. The van der Waals surface area contributed by atoms with Crippen LogP contribution in [0, 0.1) is 11.3 Å². The van der Waals surface area contributed by atoms with Crippen LogP contribution in [0.5, 0.6) is 0 Å². The van der Waals surface area contributed by atoms with E-state index in [0.29, 0.717) is 18.5 Å². The zero-order valence-corrected chi connectivity index (χ0v) is 11.0. The summed E-state index contributed by atoms with van der Waals surface area (Å²) in [7, 11) is 0. The lowest BCUT2D eigenvalue weighted by atomic mass is 10.1. The highest BCUT2D eigenvalue weighted by molar-refractivity contribution is 5.78. The van der Waals surface area contributed by atoms with Crippen LogP contribution < -0.4 is 5.32 Å². The van der Waals surface area contributed by atoms with Crippen LogP contribution in [0.4, 0.5) is 0 Å². The maximum absolute atomic E-state index is 11.7. The molecule has 2 rings (SSSR count). The molecule has 0 fully saturated rings. The van der Waals surface area contributed by atoms with Gasteiger partial charge >= 0.3 is 0 Å².